The van der Waals surface area contributed by atoms with E-state index in [0.29, 0.717) is 19.3 Å². The predicted molar refractivity (Wildman–Crippen MR) is 310 cm³/mol. The Morgan fingerprint density at radius 2 is 0.676 bits per heavy atom. The molecule has 0 aromatic heterocycles. The number of nitrogens with one attached hydrogen (secondary N) is 1. The van der Waals surface area contributed by atoms with E-state index >= 15 is 0 Å². The maximum absolute atomic E-state index is 13.3. The Labute approximate surface area is 443 Å². The highest BCUT2D eigenvalue weighted by molar-refractivity contribution is 5.77. The molecule has 0 aliphatic heterocycles. The Kier molecular flexibility index (Phi) is 57.8. The molecule has 0 fully saturated rings. The summed E-state index contributed by atoms with van der Waals surface area (Å²) in [6.45, 7) is 6.54. The van der Waals surface area contributed by atoms with Crippen LogP contribution in [0.15, 0.2) is 24.3 Å². The van der Waals surface area contributed by atoms with E-state index in [0.717, 1.165) is 57.8 Å². The lowest BCUT2D eigenvalue weighted by Crippen LogP contribution is -2.46. The molecule has 3 N–H and O–H groups in total. The number of amides is 1. The van der Waals surface area contributed by atoms with E-state index in [1.54, 1.807) is 0 Å². The van der Waals surface area contributed by atoms with Gasteiger partial charge in [0.05, 0.1) is 25.2 Å². The van der Waals surface area contributed by atoms with Crippen molar-refractivity contribution in [2.75, 3.05) is 6.61 Å². The first kappa shape index (κ1) is 69.3. The fraction of sp³-hybridized carbons (Fsp3) is 0.908. The van der Waals surface area contributed by atoms with Crippen LogP contribution in [0.3, 0.4) is 0 Å². The molecule has 0 spiro atoms. The van der Waals surface area contributed by atoms with Gasteiger partial charge in [-0.2, -0.15) is 0 Å². The molecule has 3 atom stereocenters. The van der Waals surface area contributed by atoms with E-state index < -0.39 is 18.2 Å². The van der Waals surface area contributed by atoms with Gasteiger partial charge in [0.25, 0.3) is 0 Å². The molecule has 420 valence electrons. The van der Waals surface area contributed by atoms with Gasteiger partial charge in [-0.3, -0.25) is 9.59 Å². The molecule has 0 saturated carbocycles. The van der Waals surface area contributed by atoms with Gasteiger partial charge in [0.15, 0.2) is 0 Å². The zero-order chi connectivity index (χ0) is 51.6. The lowest BCUT2D eigenvalue weighted by molar-refractivity contribution is -0.151. The standard InChI is InChI=1S/C65H125NO5/c1-4-7-10-13-16-19-22-25-28-31-34-37-40-43-46-49-52-55-58-65(70)71-61(56-53-50-47-44-41-38-35-32-29-26-23-20-17-14-11-8-5-2)59-64(69)66-62(60-67)63(68)57-54-51-48-45-42-39-36-33-30-27-24-21-18-15-12-9-6-3/h26,29,34,37,61-63,67-68H,4-25,27-28,30-33,35-36,38-60H2,1-3H3,(H,66,69)/b29-26+,37-34+. The summed E-state index contributed by atoms with van der Waals surface area (Å²) in [5.41, 5.74) is 0. The van der Waals surface area contributed by atoms with Crippen LogP contribution in [0.4, 0.5) is 0 Å². The quantitative estimate of drug-likeness (QED) is 0.0320. The van der Waals surface area contributed by atoms with Crippen molar-refractivity contribution in [3.05, 3.63) is 24.3 Å². The minimum atomic E-state index is -0.789. The van der Waals surface area contributed by atoms with Gasteiger partial charge < -0.3 is 20.3 Å². The van der Waals surface area contributed by atoms with Gasteiger partial charge in [0, 0.05) is 6.42 Å². The number of esters is 1. The number of carbonyl (C=O) groups is 2. The first-order valence-corrected chi connectivity index (χ1v) is 32.1. The summed E-state index contributed by atoms with van der Waals surface area (Å²) >= 11 is 0. The highest BCUT2D eigenvalue weighted by Crippen LogP contribution is 2.19. The maximum Gasteiger partial charge on any atom is 0.306 e. The van der Waals surface area contributed by atoms with Crippen LogP contribution in [-0.2, 0) is 14.3 Å². The van der Waals surface area contributed by atoms with Crippen LogP contribution >= 0.6 is 0 Å². The molecule has 6 heteroatoms. The molecule has 0 heterocycles. The summed E-state index contributed by atoms with van der Waals surface area (Å²) in [5, 5.41) is 24.0. The molecule has 0 aliphatic carbocycles. The second-order valence-corrected chi connectivity index (χ2v) is 22.2. The van der Waals surface area contributed by atoms with Gasteiger partial charge in [-0.25, -0.2) is 0 Å². The molecule has 3 unspecified atom stereocenters. The zero-order valence-corrected chi connectivity index (χ0v) is 48.1. The predicted octanol–water partition coefficient (Wildman–Crippen LogP) is 20.2. The van der Waals surface area contributed by atoms with E-state index in [1.165, 1.54) is 250 Å². The van der Waals surface area contributed by atoms with Crippen LogP contribution in [0.25, 0.3) is 0 Å². The Hall–Kier alpha value is -1.66. The van der Waals surface area contributed by atoms with E-state index in [9.17, 15) is 19.8 Å². The van der Waals surface area contributed by atoms with Crippen molar-refractivity contribution < 1.29 is 24.5 Å². The number of aliphatic hydroxyl groups is 2. The number of hydrogen-bond acceptors (Lipinski definition) is 5. The SMILES string of the molecule is CCCCCCCC/C=C/CCCCCCCCCC(CC(=O)NC(CO)C(O)CCCCCCCCCCCCCCCCCCC)OC(=O)CCCCCCC/C=C/CCCCCCCCCCC. The van der Waals surface area contributed by atoms with Crippen LogP contribution < -0.4 is 5.32 Å². The number of unbranched alkanes of at least 4 members (excludes halogenated alkanes) is 43. The van der Waals surface area contributed by atoms with Crippen LogP contribution in [0.2, 0.25) is 0 Å². The topological polar surface area (TPSA) is 95.9 Å². The minimum Gasteiger partial charge on any atom is -0.462 e. The van der Waals surface area contributed by atoms with Crippen molar-refractivity contribution in [2.24, 2.45) is 0 Å². The molecule has 0 aromatic rings. The number of rotatable bonds is 59. The normalized spacial score (nSPS) is 13.1. The molecular formula is C65H125NO5. The molecule has 1 amide bonds. The van der Waals surface area contributed by atoms with Crippen molar-refractivity contribution in [1.29, 1.82) is 0 Å². The van der Waals surface area contributed by atoms with Gasteiger partial charge in [0.2, 0.25) is 5.91 Å². The molecule has 6 nitrogen and oxygen atoms in total. The summed E-state index contributed by atoms with van der Waals surface area (Å²) in [4.78, 5) is 26.4. The van der Waals surface area contributed by atoms with Gasteiger partial charge in [-0.1, -0.05) is 289 Å². The molecule has 0 radical (unpaired) electrons. The smallest absolute Gasteiger partial charge is 0.306 e. The van der Waals surface area contributed by atoms with Crippen molar-refractivity contribution in [1.82, 2.24) is 5.32 Å². The number of hydrogen-bond donors (Lipinski definition) is 3. The summed E-state index contributed by atoms with van der Waals surface area (Å²) < 4.78 is 5.99. The highest BCUT2D eigenvalue weighted by Gasteiger charge is 2.24. The lowest BCUT2D eigenvalue weighted by Gasteiger charge is -2.24. The Morgan fingerprint density at radius 3 is 1.00 bits per heavy atom. The zero-order valence-electron chi connectivity index (χ0n) is 48.1. The van der Waals surface area contributed by atoms with Crippen LogP contribution in [0.1, 0.15) is 355 Å². The van der Waals surface area contributed by atoms with Crippen LogP contribution in [-0.4, -0.2) is 46.9 Å². The highest BCUT2D eigenvalue weighted by atomic mass is 16.5. The third-order valence-electron chi connectivity index (χ3n) is 15.0. The summed E-state index contributed by atoms with van der Waals surface area (Å²) in [6, 6.07) is -0.703. The molecule has 0 saturated heterocycles. The van der Waals surface area contributed by atoms with E-state index in [2.05, 4.69) is 50.4 Å². The van der Waals surface area contributed by atoms with E-state index in [4.69, 9.17) is 4.74 Å². The average Bonchev–Trinajstić information content (AvgIpc) is 3.36. The summed E-state index contributed by atoms with van der Waals surface area (Å²) in [5.74, 6) is -0.465. The average molecular weight is 1000 g/mol. The second kappa shape index (κ2) is 59.2. The molecule has 0 aliphatic rings. The Balaban J connectivity index is 4.52. The van der Waals surface area contributed by atoms with Crippen LogP contribution in [0, 0.1) is 0 Å². The third-order valence-corrected chi connectivity index (χ3v) is 15.0. The fourth-order valence-corrected chi connectivity index (χ4v) is 10.1. The van der Waals surface area contributed by atoms with Gasteiger partial charge in [-0.15, -0.1) is 0 Å². The van der Waals surface area contributed by atoms with Gasteiger partial charge in [-0.05, 0) is 77.0 Å². The molecule has 0 rings (SSSR count). The molecule has 0 bridgehead atoms. The third kappa shape index (κ3) is 54.4. The Bertz CT molecular complexity index is 1120. The van der Waals surface area contributed by atoms with E-state index in [1.807, 2.05) is 0 Å². The second-order valence-electron chi connectivity index (χ2n) is 22.2. The number of ether oxygens (including phenoxy) is 1. The van der Waals surface area contributed by atoms with Crippen molar-refractivity contribution in [3.8, 4) is 0 Å². The van der Waals surface area contributed by atoms with E-state index in [-0.39, 0.29) is 24.9 Å². The van der Waals surface area contributed by atoms with Gasteiger partial charge in [0.1, 0.15) is 6.10 Å². The fourth-order valence-electron chi connectivity index (χ4n) is 10.1. The molecule has 0 aromatic carbocycles. The summed E-state index contributed by atoms with van der Waals surface area (Å²) in [7, 11) is 0. The lowest BCUT2D eigenvalue weighted by atomic mass is 10.0. The van der Waals surface area contributed by atoms with Crippen molar-refractivity contribution >= 4 is 11.9 Å². The largest absolute Gasteiger partial charge is 0.462 e. The first-order chi connectivity index (χ1) is 35.0. The van der Waals surface area contributed by atoms with Crippen molar-refractivity contribution in [3.63, 3.8) is 0 Å². The number of aliphatic hydroxyl groups excluding tert-OH is 2. The summed E-state index contributed by atoms with van der Waals surface area (Å²) in [6.07, 6.45) is 71.1. The monoisotopic (exact) mass is 1000 g/mol. The number of carbonyl (C=O) groups excluding carboxylic acids is 2. The Morgan fingerprint density at radius 1 is 0.394 bits per heavy atom. The van der Waals surface area contributed by atoms with Crippen molar-refractivity contribution in [2.45, 2.75) is 373 Å². The molecular weight excluding hydrogens is 875 g/mol. The number of allylic oxidation sites excluding steroid dienone is 4. The maximum atomic E-state index is 13.3. The van der Waals surface area contributed by atoms with Gasteiger partial charge >= 0.3 is 5.97 Å². The minimum absolute atomic E-state index is 0.0765. The molecule has 71 heavy (non-hydrogen) atoms. The first-order valence-electron chi connectivity index (χ1n) is 32.1. The van der Waals surface area contributed by atoms with Crippen LogP contribution in [0.5, 0.6) is 0 Å².